The number of piperidine rings is 1. The summed E-state index contributed by atoms with van der Waals surface area (Å²) >= 11 is 1.73. The molecular formula is C23H34IN5O2S. The average molecular weight is 572 g/mol. The quantitative estimate of drug-likeness (QED) is 0.302. The number of halogens is 1. The molecule has 0 saturated carbocycles. The third kappa shape index (κ3) is 7.21. The Hall–Kier alpha value is -1.59. The molecule has 1 fully saturated rings. The highest BCUT2D eigenvalue weighted by molar-refractivity contribution is 14.0. The van der Waals surface area contributed by atoms with Crippen molar-refractivity contribution in [2.75, 3.05) is 44.7 Å². The Morgan fingerprint density at radius 2 is 2.00 bits per heavy atom. The van der Waals surface area contributed by atoms with E-state index in [0.717, 1.165) is 67.3 Å². The lowest BCUT2D eigenvalue weighted by molar-refractivity contribution is 0.179. The molecule has 9 heteroatoms. The van der Waals surface area contributed by atoms with Crippen LogP contribution in [0.3, 0.4) is 0 Å². The van der Waals surface area contributed by atoms with Gasteiger partial charge in [0.15, 0.2) is 17.5 Å². The van der Waals surface area contributed by atoms with Gasteiger partial charge in [-0.2, -0.15) is 0 Å². The van der Waals surface area contributed by atoms with E-state index in [1.807, 2.05) is 18.2 Å². The Balaban J connectivity index is 0.00000289. The van der Waals surface area contributed by atoms with Crippen LogP contribution in [0.25, 0.3) is 0 Å². The van der Waals surface area contributed by atoms with Gasteiger partial charge >= 0.3 is 0 Å². The molecule has 1 saturated heterocycles. The van der Waals surface area contributed by atoms with E-state index in [4.69, 9.17) is 14.5 Å². The number of aromatic nitrogens is 1. The minimum absolute atomic E-state index is 0. The van der Waals surface area contributed by atoms with Crippen LogP contribution in [-0.4, -0.2) is 55.2 Å². The summed E-state index contributed by atoms with van der Waals surface area (Å²) in [6.07, 6.45) is 3.26. The summed E-state index contributed by atoms with van der Waals surface area (Å²) in [5.41, 5.74) is 2.16. The highest BCUT2D eigenvalue weighted by Gasteiger charge is 2.20. The lowest BCUT2D eigenvalue weighted by Crippen LogP contribution is -2.35. The fourth-order valence-corrected chi connectivity index (χ4v) is 4.55. The van der Waals surface area contributed by atoms with Gasteiger partial charge in [-0.15, -0.1) is 35.3 Å². The van der Waals surface area contributed by atoms with Crippen molar-refractivity contribution in [3.63, 3.8) is 0 Å². The number of likely N-dealkylation sites (tertiary alicyclic amines) is 1. The molecule has 4 rings (SSSR count). The molecule has 1 aromatic heterocycles. The lowest BCUT2D eigenvalue weighted by atomic mass is 9.97. The minimum Gasteiger partial charge on any atom is -0.490 e. The van der Waals surface area contributed by atoms with E-state index in [-0.39, 0.29) is 24.0 Å². The zero-order valence-electron chi connectivity index (χ0n) is 18.9. The number of nitrogens with zero attached hydrogens (tertiary/aromatic N) is 3. The molecule has 0 radical (unpaired) electrons. The second kappa shape index (κ2) is 12.6. The van der Waals surface area contributed by atoms with Gasteiger partial charge in [-0.1, -0.05) is 0 Å². The Morgan fingerprint density at radius 1 is 1.22 bits per heavy atom. The molecule has 0 bridgehead atoms. The summed E-state index contributed by atoms with van der Waals surface area (Å²) in [5, 5.41) is 10.1. The Bertz CT molecular complexity index is 883. The van der Waals surface area contributed by atoms with Gasteiger partial charge in [-0.3, -0.25) is 9.89 Å². The van der Waals surface area contributed by atoms with Gasteiger partial charge in [0.2, 0.25) is 0 Å². The van der Waals surface area contributed by atoms with Gasteiger partial charge in [0.1, 0.15) is 0 Å². The Kier molecular flexibility index (Phi) is 9.86. The van der Waals surface area contributed by atoms with Crippen molar-refractivity contribution in [2.45, 2.75) is 39.7 Å². The number of benzene rings is 1. The highest BCUT2D eigenvalue weighted by atomic mass is 127. The standard InChI is InChI=1S/C23H33N5O2S.HI/c1-3-24-23(27-19-5-6-21-22(13-19)30-12-4-11-29-21)25-14-18-7-9-28(10-8-18)15-20-16-31-17(2)26-20;/h5-6,13,16,18H,3-4,7-12,14-15H2,1-2H3,(H2,24,25,27);1H. The van der Waals surface area contributed by atoms with Gasteiger partial charge in [-0.05, 0) is 57.8 Å². The fraction of sp³-hybridized carbons (Fsp3) is 0.565. The van der Waals surface area contributed by atoms with Gasteiger partial charge in [0.05, 0.1) is 23.9 Å². The van der Waals surface area contributed by atoms with Crippen molar-refractivity contribution >= 4 is 47.0 Å². The molecule has 0 aliphatic carbocycles. The topological polar surface area (TPSA) is 71.0 Å². The maximum Gasteiger partial charge on any atom is 0.195 e. The molecule has 2 N–H and O–H groups in total. The third-order valence-electron chi connectivity index (χ3n) is 5.62. The number of fused-ring (bicyclic) bond motifs is 1. The number of rotatable bonds is 6. The number of anilines is 1. The van der Waals surface area contributed by atoms with Crippen LogP contribution in [-0.2, 0) is 6.54 Å². The normalized spacial score (nSPS) is 17.4. The van der Waals surface area contributed by atoms with E-state index in [2.05, 4.69) is 39.7 Å². The summed E-state index contributed by atoms with van der Waals surface area (Å²) in [5.74, 6) is 3.04. The first-order chi connectivity index (χ1) is 15.2. The van der Waals surface area contributed by atoms with Gasteiger partial charge in [0, 0.05) is 43.2 Å². The van der Waals surface area contributed by atoms with E-state index in [1.54, 1.807) is 11.3 Å². The second-order valence-electron chi connectivity index (χ2n) is 8.13. The van der Waals surface area contributed by atoms with Crippen LogP contribution in [0.2, 0.25) is 0 Å². The first-order valence-electron chi connectivity index (χ1n) is 11.3. The highest BCUT2D eigenvalue weighted by Crippen LogP contribution is 2.32. The number of hydrogen-bond acceptors (Lipinski definition) is 6. The maximum absolute atomic E-state index is 5.81. The number of hydrogen-bond donors (Lipinski definition) is 2. The smallest absolute Gasteiger partial charge is 0.195 e. The van der Waals surface area contributed by atoms with Crippen LogP contribution in [0.15, 0.2) is 28.6 Å². The Labute approximate surface area is 212 Å². The molecule has 2 aromatic rings. The molecule has 1 aromatic carbocycles. The van der Waals surface area contributed by atoms with Crippen LogP contribution < -0.4 is 20.1 Å². The molecule has 0 spiro atoms. The van der Waals surface area contributed by atoms with Gasteiger partial charge in [0.25, 0.3) is 0 Å². The molecule has 0 atom stereocenters. The SMILES string of the molecule is CCNC(=NCC1CCN(Cc2csc(C)n2)CC1)Nc1ccc2c(c1)OCCCO2.I. The van der Waals surface area contributed by atoms with Crippen molar-refractivity contribution < 1.29 is 9.47 Å². The number of guanidine groups is 1. The van der Waals surface area contributed by atoms with Crippen molar-refractivity contribution in [3.8, 4) is 11.5 Å². The van der Waals surface area contributed by atoms with E-state index in [0.29, 0.717) is 19.1 Å². The van der Waals surface area contributed by atoms with Gasteiger partial charge < -0.3 is 20.1 Å². The molecule has 0 amide bonds. The zero-order chi connectivity index (χ0) is 21.5. The van der Waals surface area contributed by atoms with Crippen LogP contribution in [0.5, 0.6) is 11.5 Å². The number of aliphatic imine (C=N–C) groups is 1. The second-order valence-corrected chi connectivity index (χ2v) is 9.20. The summed E-state index contributed by atoms with van der Waals surface area (Å²) in [6.45, 7) is 10.4. The monoisotopic (exact) mass is 571 g/mol. The third-order valence-corrected chi connectivity index (χ3v) is 6.44. The summed E-state index contributed by atoms with van der Waals surface area (Å²) in [7, 11) is 0. The summed E-state index contributed by atoms with van der Waals surface area (Å²) in [6, 6.07) is 5.97. The molecule has 2 aliphatic heterocycles. The minimum atomic E-state index is 0. The molecular weight excluding hydrogens is 537 g/mol. The lowest BCUT2D eigenvalue weighted by Gasteiger charge is -2.30. The van der Waals surface area contributed by atoms with Gasteiger partial charge in [-0.25, -0.2) is 4.98 Å². The number of thiazole rings is 1. The van der Waals surface area contributed by atoms with E-state index >= 15 is 0 Å². The summed E-state index contributed by atoms with van der Waals surface area (Å²) in [4.78, 5) is 12.0. The van der Waals surface area contributed by atoms with Crippen molar-refractivity contribution in [2.24, 2.45) is 10.9 Å². The number of aryl methyl sites for hydroxylation is 1. The molecule has 2 aliphatic rings. The molecule has 7 nitrogen and oxygen atoms in total. The predicted molar refractivity (Wildman–Crippen MR) is 142 cm³/mol. The van der Waals surface area contributed by atoms with Crippen molar-refractivity contribution in [1.29, 1.82) is 0 Å². The molecule has 0 unspecified atom stereocenters. The Morgan fingerprint density at radius 3 is 2.72 bits per heavy atom. The molecule has 3 heterocycles. The van der Waals surface area contributed by atoms with Crippen LogP contribution in [0, 0.1) is 12.8 Å². The van der Waals surface area contributed by atoms with E-state index < -0.39 is 0 Å². The summed E-state index contributed by atoms with van der Waals surface area (Å²) < 4.78 is 11.5. The number of nitrogens with one attached hydrogen (secondary N) is 2. The van der Waals surface area contributed by atoms with Crippen molar-refractivity contribution in [3.05, 3.63) is 34.3 Å². The fourth-order valence-electron chi connectivity index (χ4n) is 3.94. The van der Waals surface area contributed by atoms with E-state index in [9.17, 15) is 0 Å². The average Bonchev–Trinajstić information content (AvgIpc) is 3.04. The van der Waals surface area contributed by atoms with E-state index in [1.165, 1.54) is 18.5 Å². The first kappa shape index (κ1) is 25.0. The largest absolute Gasteiger partial charge is 0.490 e. The first-order valence-corrected chi connectivity index (χ1v) is 12.2. The molecule has 176 valence electrons. The van der Waals surface area contributed by atoms with Crippen molar-refractivity contribution in [1.82, 2.24) is 15.2 Å². The predicted octanol–water partition coefficient (Wildman–Crippen LogP) is 4.52. The van der Waals surface area contributed by atoms with Crippen LogP contribution in [0.4, 0.5) is 5.69 Å². The van der Waals surface area contributed by atoms with Crippen LogP contribution >= 0.6 is 35.3 Å². The van der Waals surface area contributed by atoms with Crippen LogP contribution in [0.1, 0.15) is 36.9 Å². The maximum atomic E-state index is 5.81. The zero-order valence-corrected chi connectivity index (χ0v) is 22.1. The number of ether oxygens (including phenoxy) is 2. The molecule has 32 heavy (non-hydrogen) atoms.